The third kappa shape index (κ3) is 2.41. The molecule has 0 aliphatic rings. The Morgan fingerprint density at radius 3 is 1.43 bits per heavy atom. The largest absolute Gasteiger partial charge is 0.241 e. The van der Waals surface area contributed by atoms with E-state index in [9.17, 15) is 0 Å². The minimum atomic E-state index is 0.732. The summed E-state index contributed by atoms with van der Waals surface area (Å²) in [5, 5.41) is 6.04. The number of halogens is 2. The van der Waals surface area contributed by atoms with Gasteiger partial charge in [0.1, 0.15) is 25.1 Å². The first-order valence-corrected chi connectivity index (χ1v) is 10.5. The second kappa shape index (κ2) is 6.21. The molecule has 4 heterocycles. The lowest BCUT2D eigenvalue weighted by atomic mass is 10.2. The molecule has 6 rings (SSSR count). The van der Waals surface area contributed by atoms with E-state index in [0.717, 1.165) is 53.7 Å². The molecule has 0 aliphatic carbocycles. The first kappa shape index (κ1) is 17.8. The minimum Gasteiger partial charge on any atom is -0.241 e. The summed E-state index contributed by atoms with van der Waals surface area (Å²) in [4.78, 5) is 0. The topological polar surface area (TPSA) is 17.6 Å². The predicted octanol–water partition coefficient (Wildman–Crippen LogP) is 5.17. The summed E-state index contributed by atoms with van der Waals surface area (Å²) in [6, 6.07) is 16.5. The van der Waals surface area contributed by atoms with Crippen molar-refractivity contribution in [1.82, 2.24) is 9.35 Å². The van der Waals surface area contributed by atoms with Crippen LogP contribution in [0.2, 0.25) is 10.0 Å². The fourth-order valence-corrected chi connectivity index (χ4v) is 4.81. The van der Waals surface area contributed by atoms with E-state index in [2.05, 4.69) is 67.5 Å². The van der Waals surface area contributed by atoms with Crippen LogP contribution in [0.25, 0.3) is 43.6 Å². The Bertz CT molecular complexity index is 1520. The van der Waals surface area contributed by atoms with E-state index in [-0.39, 0.29) is 0 Å². The number of aromatic nitrogens is 4. The van der Waals surface area contributed by atoms with Gasteiger partial charge in [0.25, 0.3) is 0 Å². The number of fused-ring (bicyclic) bond motifs is 6. The van der Waals surface area contributed by atoms with Crippen LogP contribution in [0, 0.1) is 0 Å². The van der Waals surface area contributed by atoms with E-state index in [0.29, 0.717) is 0 Å². The average Bonchev–Trinajstić information content (AvgIpc) is 3.18. The van der Waals surface area contributed by atoms with E-state index in [1.165, 1.54) is 0 Å². The van der Waals surface area contributed by atoms with Gasteiger partial charge in [0, 0.05) is 43.7 Å². The highest BCUT2D eigenvalue weighted by Crippen LogP contribution is 2.35. The van der Waals surface area contributed by atoms with Gasteiger partial charge in [-0.05, 0) is 36.4 Å². The molecule has 146 valence electrons. The minimum absolute atomic E-state index is 0.732. The maximum atomic E-state index is 6.37. The van der Waals surface area contributed by atoms with Crippen molar-refractivity contribution < 1.29 is 9.13 Å². The van der Waals surface area contributed by atoms with Gasteiger partial charge in [-0.25, -0.2) is 18.5 Å². The zero-order valence-corrected chi connectivity index (χ0v) is 18.0. The number of benzene rings is 2. The molecular weight excluding hydrogens is 415 g/mol. The molecule has 0 radical (unpaired) electrons. The Morgan fingerprint density at radius 2 is 1.00 bits per heavy atom. The number of pyridine rings is 2. The van der Waals surface area contributed by atoms with Crippen molar-refractivity contribution in [1.29, 1.82) is 0 Å². The summed E-state index contributed by atoms with van der Waals surface area (Å²) in [6.07, 6.45) is 8.44. The summed E-state index contributed by atoms with van der Waals surface area (Å²) in [7, 11) is 4.08. The number of rotatable bonds is 1. The molecule has 6 heteroatoms. The zero-order valence-electron chi connectivity index (χ0n) is 16.5. The molecule has 4 aromatic heterocycles. The van der Waals surface area contributed by atoms with Crippen LogP contribution >= 0.6 is 23.2 Å². The molecule has 0 amide bonds. The van der Waals surface area contributed by atoms with Crippen molar-refractivity contribution >= 4 is 66.8 Å². The number of aryl methyl sites for hydroxylation is 2. The Balaban J connectivity index is 1.91. The monoisotopic (exact) mass is 432 g/mol. The third-order valence-electron chi connectivity index (χ3n) is 5.77. The Labute approximate surface area is 182 Å². The molecule has 0 atom stereocenters. The Morgan fingerprint density at radius 1 is 0.567 bits per heavy atom. The van der Waals surface area contributed by atoms with E-state index in [1.807, 2.05) is 38.4 Å². The molecule has 30 heavy (non-hydrogen) atoms. The second-order valence-corrected chi connectivity index (χ2v) is 8.64. The van der Waals surface area contributed by atoms with Crippen LogP contribution in [-0.2, 0) is 14.1 Å². The summed E-state index contributed by atoms with van der Waals surface area (Å²) >= 11 is 12.7. The van der Waals surface area contributed by atoms with Gasteiger partial charge >= 0.3 is 0 Å². The molecule has 2 aromatic carbocycles. The summed E-state index contributed by atoms with van der Waals surface area (Å²) < 4.78 is 8.70. The first-order chi connectivity index (χ1) is 14.5. The molecular formula is C24H18Cl2N4+2. The number of hydrogen-bond donors (Lipinski definition) is 0. The fourth-order valence-electron chi connectivity index (χ4n) is 4.47. The maximum Gasteiger partial charge on any atom is 0.195 e. The van der Waals surface area contributed by atoms with Crippen molar-refractivity contribution in [2.24, 2.45) is 14.1 Å². The smallest absolute Gasteiger partial charge is 0.195 e. The van der Waals surface area contributed by atoms with Crippen molar-refractivity contribution in [3.8, 4) is 0 Å². The van der Waals surface area contributed by atoms with E-state index < -0.39 is 0 Å². The lowest BCUT2D eigenvalue weighted by molar-refractivity contribution is -0.670. The van der Waals surface area contributed by atoms with Crippen LogP contribution in [0.3, 0.4) is 0 Å². The van der Waals surface area contributed by atoms with Gasteiger partial charge in [-0.1, -0.05) is 23.2 Å². The van der Waals surface area contributed by atoms with Gasteiger partial charge in [-0.15, -0.1) is 0 Å². The third-order valence-corrected chi connectivity index (χ3v) is 6.24. The van der Waals surface area contributed by atoms with Crippen molar-refractivity contribution in [2.45, 2.75) is 0 Å². The van der Waals surface area contributed by atoms with Gasteiger partial charge in [0.2, 0.25) is 0 Å². The molecule has 6 aromatic rings. The van der Waals surface area contributed by atoms with E-state index in [4.69, 9.17) is 23.2 Å². The van der Waals surface area contributed by atoms with Crippen LogP contribution in [-0.4, -0.2) is 9.35 Å². The van der Waals surface area contributed by atoms with Gasteiger partial charge in [0.15, 0.2) is 24.8 Å². The van der Waals surface area contributed by atoms with Crippen molar-refractivity contribution in [2.75, 3.05) is 0 Å². The highest BCUT2D eigenvalue weighted by Gasteiger charge is 2.21. The Kier molecular flexibility index (Phi) is 3.67. The highest BCUT2D eigenvalue weighted by atomic mass is 35.5. The highest BCUT2D eigenvalue weighted by molar-refractivity contribution is 6.32. The fraction of sp³-hybridized carbons (Fsp3) is 0.0833. The predicted molar refractivity (Wildman–Crippen MR) is 122 cm³/mol. The van der Waals surface area contributed by atoms with Gasteiger partial charge in [-0.3, -0.25) is 0 Å². The van der Waals surface area contributed by atoms with Gasteiger partial charge in [0.05, 0.1) is 11.0 Å². The van der Waals surface area contributed by atoms with Gasteiger partial charge in [-0.2, -0.15) is 0 Å². The molecule has 0 fully saturated rings. The maximum absolute atomic E-state index is 6.37. The molecule has 0 saturated heterocycles. The number of hydrogen-bond acceptors (Lipinski definition) is 0. The van der Waals surface area contributed by atoms with Crippen LogP contribution in [0.1, 0.15) is 0 Å². The standard InChI is InChI=1S/C24H18Cl2N4/c1-27-9-7-17-19-11-15(25)3-5-21(19)29(23(17)13-27)30-22-6-4-16(26)12-20(22)18-8-10-28(2)14-24(18)30/h3-14H,1-2H3/q+2. The van der Waals surface area contributed by atoms with Crippen LogP contribution < -0.4 is 9.13 Å². The average molecular weight is 433 g/mol. The Hall–Kier alpha value is -3.08. The summed E-state index contributed by atoms with van der Waals surface area (Å²) in [6.45, 7) is 0. The quantitative estimate of drug-likeness (QED) is 0.319. The molecule has 0 spiro atoms. The van der Waals surface area contributed by atoms with Gasteiger partial charge < -0.3 is 0 Å². The normalized spacial score (nSPS) is 12.0. The summed E-state index contributed by atoms with van der Waals surface area (Å²) in [5.41, 5.74) is 4.41. The molecule has 0 unspecified atom stereocenters. The first-order valence-electron chi connectivity index (χ1n) is 9.70. The van der Waals surface area contributed by atoms with Crippen LogP contribution in [0.4, 0.5) is 0 Å². The van der Waals surface area contributed by atoms with E-state index >= 15 is 0 Å². The molecule has 0 saturated carbocycles. The van der Waals surface area contributed by atoms with Crippen LogP contribution in [0.15, 0.2) is 73.3 Å². The van der Waals surface area contributed by atoms with Crippen molar-refractivity contribution in [3.63, 3.8) is 0 Å². The SMILES string of the molecule is C[n+]1ccc2c3cc(Cl)ccc3n(-n3c4ccc(Cl)cc4c4cc[n+](C)cc43)c2c1. The molecule has 0 aliphatic heterocycles. The zero-order chi connectivity index (χ0) is 20.6. The van der Waals surface area contributed by atoms with E-state index in [1.54, 1.807) is 0 Å². The van der Waals surface area contributed by atoms with Crippen LogP contribution in [0.5, 0.6) is 0 Å². The van der Waals surface area contributed by atoms with Crippen molar-refractivity contribution in [3.05, 3.63) is 83.4 Å². The molecule has 0 bridgehead atoms. The molecule has 0 N–H and O–H groups in total. The molecule has 4 nitrogen and oxygen atoms in total. The second-order valence-electron chi connectivity index (χ2n) is 7.76. The summed E-state index contributed by atoms with van der Waals surface area (Å²) in [5.74, 6) is 0. The lowest BCUT2D eigenvalue weighted by Gasteiger charge is -2.11. The lowest BCUT2D eigenvalue weighted by Crippen LogP contribution is -2.27. The number of nitrogens with zero attached hydrogens (tertiary/aromatic N) is 4.